The van der Waals surface area contributed by atoms with Crippen molar-refractivity contribution in [2.45, 2.75) is 46.3 Å². The van der Waals surface area contributed by atoms with Crippen molar-refractivity contribution in [3.05, 3.63) is 39.8 Å². The monoisotopic (exact) mass is 398 g/mol. The number of aromatic nitrogens is 3. The summed E-state index contributed by atoms with van der Waals surface area (Å²) in [5, 5.41) is 7.47. The quantitative estimate of drug-likeness (QED) is 0.715. The van der Waals surface area contributed by atoms with Crippen molar-refractivity contribution >= 4 is 40.9 Å². The Kier molecular flexibility index (Phi) is 6.99. The SMILES string of the molecule is CCCCn1nc(C)c(C(=O)O[C@@H](C)C(=O)Nc2ccc(Cl)cn2)c1Cl. The molecule has 7 nitrogen and oxygen atoms in total. The maximum atomic E-state index is 12.4. The number of rotatable bonds is 7. The normalized spacial score (nSPS) is 11.9. The van der Waals surface area contributed by atoms with E-state index in [4.69, 9.17) is 27.9 Å². The van der Waals surface area contributed by atoms with Crippen LogP contribution in [0.25, 0.3) is 0 Å². The Morgan fingerprint density at radius 1 is 1.35 bits per heavy atom. The van der Waals surface area contributed by atoms with Crippen LogP contribution in [0.5, 0.6) is 0 Å². The van der Waals surface area contributed by atoms with Gasteiger partial charge in [-0.05, 0) is 32.4 Å². The number of carbonyl (C=O) groups excluding carboxylic acids is 2. The van der Waals surface area contributed by atoms with Crippen LogP contribution in [0.15, 0.2) is 18.3 Å². The maximum Gasteiger partial charge on any atom is 0.343 e. The molecule has 0 fully saturated rings. The van der Waals surface area contributed by atoms with E-state index in [1.165, 1.54) is 13.1 Å². The molecule has 26 heavy (non-hydrogen) atoms. The van der Waals surface area contributed by atoms with Crippen LogP contribution in [0.2, 0.25) is 10.2 Å². The predicted molar refractivity (Wildman–Crippen MR) is 99.6 cm³/mol. The average Bonchev–Trinajstić information content (AvgIpc) is 2.88. The number of aryl methyl sites for hydroxylation is 2. The van der Waals surface area contributed by atoms with Crippen molar-refractivity contribution < 1.29 is 14.3 Å². The summed E-state index contributed by atoms with van der Waals surface area (Å²) in [6.45, 7) is 5.80. The van der Waals surface area contributed by atoms with Crippen molar-refractivity contribution in [3.63, 3.8) is 0 Å². The smallest absolute Gasteiger partial charge is 0.343 e. The molecule has 0 aromatic carbocycles. The number of hydrogen-bond acceptors (Lipinski definition) is 5. The molecule has 9 heteroatoms. The van der Waals surface area contributed by atoms with E-state index in [-0.39, 0.29) is 10.7 Å². The first-order valence-corrected chi connectivity index (χ1v) is 8.95. The number of nitrogens with one attached hydrogen (secondary N) is 1. The lowest BCUT2D eigenvalue weighted by Crippen LogP contribution is -2.30. The minimum atomic E-state index is -1.03. The number of pyridine rings is 1. The van der Waals surface area contributed by atoms with Crippen LogP contribution in [0.3, 0.4) is 0 Å². The fraction of sp³-hybridized carbons (Fsp3) is 0.412. The Balaban J connectivity index is 2.03. The van der Waals surface area contributed by atoms with E-state index in [2.05, 4.69) is 22.3 Å². The Morgan fingerprint density at radius 3 is 2.69 bits per heavy atom. The standard InChI is InChI=1S/C17H20Cl2N4O3/c1-4-5-8-23-15(19)14(10(2)22-23)17(25)26-11(3)16(24)21-13-7-6-12(18)9-20-13/h6-7,9,11H,4-5,8H2,1-3H3,(H,20,21,24)/t11-/m0/s1. The summed E-state index contributed by atoms with van der Waals surface area (Å²) in [7, 11) is 0. The third-order valence-corrected chi connectivity index (χ3v) is 4.23. The molecule has 140 valence electrons. The molecule has 0 aliphatic rings. The summed E-state index contributed by atoms with van der Waals surface area (Å²) in [4.78, 5) is 28.5. The van der Waals surface area contributed by atoms with Crippen LogP contribution in [-0.2, 0) is 16.1 Å². The molecule has 0 saturated heterocycles. The number of amides is 1. The molecule has 0 radical (unpaired) electrons. The van der Waals surface area contributed by atoms with E-state index in [9.17, 15) is 9.59 Å². The van der Waals surface area contributed by atoms with Gasteiger partial charge in [0.25, 0.3) is 5.91 Å². The van der Waals surface area contributed by atoms with Crippen molar-refractivity contribution in [1.29, 1.82) is 0 Å². The van der Waals surface area contributed by atoms with Crippen LogP contribution in [0, 0.1) is 6.92 Å². The Labute approximate surface area is 161 Å². The van der Waals surface area contributed by atoms with Crippen LogP contribution in [-0.4, -0.2) is 32.7 Å². The highest BCUT2D eigenvalue weighted by Gasteiger charge is 2.25. The van der Waals surface area contributed by atoms with Crippen LogP contribution in [0.1, 0.15) is 42.7 Å². The lowest BCUT2D eigenvalue weighted by molar-refractivity contribution is -0.123. The molecule has 0 aliphatic heterocycles. The second-order valence-corrected chi connectivity index (χ2v) is 6.52. The van der Waals surface area contributed by atoms with Gasteiger partial charge in [-0.3, -0.25) is 9.48 Å². The largest absolute Gasteiger partial charge is 0.449 e. The fourth-order valence-corrected chi connectivity index (χ4v) is 2.64. The average molecular weight is 399 g/mol. The molecular formula is C17H20Cl2N4O3. The Bertz CT molecular complexity index is 790. The molecule has 0 saturated carbocycles. The Morgan fingerprint density at radius 2 is 2.08 bits per heavy atom. The van der Waals surface area contributed by atoms with Crippen molar-refractivity contribution in [1.82, 2.24) is 14.8 Å². The van der Waals surface area contributed by atoms with Gasteiger partial charge in [0.2, 0.25) is 0 Å². The molecule has 1 N–H and O–H groups in total. The van der Waals surface area contributed by atoms with Gasteiger partial charge in [0.05, 0.1) is 10.7 Å². The van der Waals surface area contributed by atoms with E-state index in [1.54, 1.807) is 23.7 Å². The summed E-state index contributed by atoms with van der Waals surface area (Å²) in [5.74, 6) is -0.897. The van der Waals surface area contributed by atoms with Gasteiger partial charge in [0, 0.05) is 12.7 Å². The van der Waals surface area contributed by atoms with Gasteiger partial charge >= 0.3 is 5.97 Å². The first kappa shape index (κ1) is 20.2. The second-order valence-electron chi connectivity index (χ2n) is 5.73. The van der Waals surface area contributed by atoms with Gasteiger partial charge in [0.15, 0.2) is 6.10 Å². The minimum absolute atomic E-state index is 0.173. The molecule has 0 spiro atoms. The van der Waals surface area contributed by atoms with E-state index in [1.807, 2.05) is 0 Å². The number of esters is 1. The molecule has 0 unspecified atom stereocenters. The van der Waals surface area contributed by atoms with Gasteiger partial charge < -0.3 is 10.1 Å². The van der Waals surface area contributed by atoms with E-state index >= 15 is 0 Å². The van der Waals surface area contributed by atoms with Crippen LogP contribution >= 0.6 is 23.2 Å². The fourth-order valence-electron chi connectivity index (χ4n) is 2.19. The molecule has 0 bridgehead atoms. The molecule has 2 rings (SSSR count). The molecule has 1 atom stereocenters. The van der Waals surface area contributed by atoms with Crippen molar-refractivity contribution in [2.24, 2.45) is 0 Å². The summed E-state index contributed by atoms with van der Waals surface area (Å²) in [6.07, 6.45) is 2.24. The van der Waals surface area contributed by atoms with Gasteiger partial charge in [-0.15, -0.1) is 0 Å². The number of ether oxygens (including phenoxy) is 1. The van der Waals surface area contributed by atoms with Crippen LogP contribution < -0.4 is 5.32 Å². The minimum Gasteiger partial charge on any atom is -0.449 e. The van der Waals surface area contributed by atoms with Gasteiger partial charge in [-0.1, -0.05) is 36.5 Å². The zero-order valence-electron chi connectivity index (χ0n) is 14.8. The third-order valence-electron chi connectivity index (χ3n) is 3.62. The van der Waals surface area contributed by atoms with Gasteiger partial charge in [-0.25, -0.2) is 9.78 Å². The van der Waals surface area contributed by atoms with Crippen molar-refractivity contribution in [2.75, 3.05) is 5.32 Å². The van der Waals surface area contributed by atoms with E-state index < -0.39 is 18.0 Å². The highest BCUT2D eigenvalue weighted by molar-refractivity contribution is 6.32. The summed E-state index contributed by atoms with van der Waals surface area (Å²) >= 11 is 12.0. The number of halogens is 2. The molecule has 2 aromatic rings. The van der Waals surface area contributed by atoms with E-state index in [0.717, 1.165) is 12.8 Å². The lowest BCUT2D eigenvalue weighted by atomic mass is 10.2. The number of carbonyl (C=O) groups is 2. The molecule has 2 aromatic heterocycles. The van der Waals surface area contributed by atoms with Gasteiger partial charge in [0.1, 0.15) is 16.5 Å². The highest BCUT2D eigenvalue weighted by Crippen LogP contribution is 2.22. The van der Waals surface area contributed by atoms with E-state index in [0.29, 0.717) is 23.1 Å². The number of nitrogens with zero attached hydrogens (tertiary/aromatic N) is 3. The highest BCUT2D eigenvalue weighted by atomic mass is 35.5. The number of unbranched alkanes of at least 4 members (excludes halogenated alkanes) is 1. The zero-order valence-corrected chi connectivity index (χ0v) is 16.3. The molecular weight excluding hydrogens is 379 g/mol. The summed E-state index contributed by atoms with van der Waals surface area (Å²) in [6, 6.07) is 3.14. The number of hydrogen-bond donors (Lipinski definition) is 1. The summed E-state index contributed by atoms with van der Waals surface area (Å²) < 4.78 is 6.80. The molecule has 0 aliphatic carbocycles. The second kappa shape index (κ2) is 9.00. The topological polar surface area (TPSA) is 86.1 Å². The van der Waals surface area contributed by atoms with Crippen molar-refractivity contribution in [3.8, 4) is 0 Å². The van der Waals surface area contributed by atoms with Gasteiger partial charge in [-0.2, -0.15) is 5.10 Å². The lowest BCUT2D eigenvalue weighted by Gasteiger charge is -2.13. The maximum absolute atomic E-state index is 12.4. The first-order valence-electron chi connectivity index (χ1n) is 8.19. The van der Waals surface area contributed by atoms with Crippen LogP contribution in [0.4, 0.5) is 5.82 Å². The predicted octanol–water partition coefficient (Wildman–Crippen LogP) is 3.88. The first-order chi connectivity index (χ1) is 12.3. The summed E-state index contributed by atoms with van der Waals surface area (Å²) in [5.41, 5.74) is 0.634. The Hall–Kier alpha value is -2.12. The zero-order chi connectivity index (χ0) is 19.3. The number of anilines is 1. The molecule has 2 heterocycles. The molecule has 1 amide bonds. The third kappa shape index (κ3) is 4.95.